The summed E-state index contributed by atoms with van der Waals surface area (Å²) in [6.07, 6.45) is -4.31. The summed E-state index contributed by atoms with van der Waals surface area (Å²) in [5.41, 5.74) is 0.196. The van der Waals surface area contributed by atoms with Gasteiger partial charge < -0.3 is 9.67 Å². The van der Waals surface area contributed by atoms with Crippen LogP contribution in [0.25, 0.3) is 0 Å². The van der Waals surface area contributed by atoms with E-state index >= 15 is 0 Å². The van der Waals surface area contributed by atoms with Gasteiger partial charge in [-0.3, -0.25) is 0 Å². The number of aromatic nitrogens is 3. The van der Waals surface area contributed by atoms with Gasteiger partial charge in [-0.05, 0) is 23.6 Å². The predicted molar refractivity (Wildman–Crippen MR) is 77.5 cm³/mol. The first-order chi connectivity index (χ1) is 10.3. The zero-order valence-corrected chi connectivity index (χ0v) is 12.9. The molecule has 0 aliphatic heterocycles. The summed E-state index contributed by atoms with van der Waals surface area (Å²) in [5.74, 6) is 1.20. The zero-order chi connectivity index (χ0) is 16.3. The van der Waals surface area contributed by atoms with Crippen LogP contribution >= 0.6 is 11.8 Å². The van der Waals surface area contributed by atoms with Crippen molar-refractivity contribution in [1.82, 2.24) is 14.8 Å². The molecule has 1 atom stereocenters. The Morgan fingerprint density at radius 3 is 2.36 bits per heavy atom. The summed E-state index contributed by atoms with van der Waals surface area (Å²) in [4.78, 5) is 0. The average Bonchev–Trinajstić information content (AvgIpc) is 2.84. The lowest BCUT2D eigenvalue weighted by atomic mass is 10.0. The molecule has 1 N–H and O–H groups in total. The molecule has 1 unspecified atom stereocenters. The number of halogens is 3. The third-order valence-electron chi connectivity index (χ3n) is 3.34. The van der Waals surface area contributed by atoms with Gasteiger partial charge in [-0.25, -0.2) is 0 Å². The van der Waals surface area contributed by atoms with Crippen molar-refractivity contribution in [2.24, 2.45) is 7.05 Å². The largest absolute Gasteiger partial charge is 0.416 e. The highest BCUT2D eigenvalue weighted by Gasteiger charge is 2.30. The highest BCUT2D eigenvalue weighted by Crippen LogP contribution is 2.31. The second kappa shape index (κ2) is 6.70. The monoisotopic (exact) mass is 331 g/mol. The quantitative estimate of drug-likeness (QED) is 0.855. The molecule has 8 heteroatoms. The van der Waals surface area contributed by atoms with Gasteiger partial charge in [0.25, 0.3) is 0 Å². The molecule has 0 amide bonds. The second-order valence-corrected chi connectivity index (χ2v) is 5.93. The molecular weight excluding hydrogens is 315 g/mol. The van der Waals surface area contributed by atoms with Crippen LogP contribution in [0.3, 0.4) is 0 Å². The third kappa shape index (κ3) is 3.80. The first kappa shape index (κ1) is 16.8. The minimum absolute atomic E-state index is 0.0709. The van der Waals surface area contributed by atoms with Crippen molar-refractivity contribution < 1.29 is 18.3 Å². The van der Waals surface area contributed by atoms with Gasteiger partial charge in [0, 0.05) is 12.8 Å². The Hall–Kier alpha value is -1.54. The molecule has 120 valence electrons. The minimum atomic E-state index is -4.31. The maximum Gasteiger partial charge on any atom is 0.416 e. The Balaban J connectivity index is 2.00. The Morgan fingerprint density at radius 2 is 1.86 bits per heavy atom. The van der Waals surface area contributed by atoms with E-state index < -0.39 is 11.7 Å². The predicted octanol–water partition coefficient (Wildman–Crippen LogP) is 3.22. The third-order valence-corrected chi connectivity index (χ3v) is 4.62. The number of hydrogen-bond acceptors (Lipinski definition) is 4. The van der Waals surface area contributed by atoms with Crippen LogP contribution in [0.1, 0.15) is 29.8 Å². The van der Waals surface area contributed by atoms with Crippen molar-refractivity contribution in [2.45, 2.75) is 30.8 Å². The normalized spacial score (nSPS) is 13.4. The van der Waals surface area contributed by atoms with Crippen molar-refractivity contribution in [3.8, 4) is 0 Å². The Labute approximate surface area is 130 Å². The molecule has 0 spiro atoms. The Morgan fingerprint density at radius 1 is 1.23 bits per heavy atom. The van der Waals surface area contributed by atoms with Crippen LogP contribution in [-0.4, -0.2) is 25.6 Å². The first-order valence-corrected chi connectivity index (χ1v) is 7.60. The SMILES string of the molecule is CC(CSc1nnc(CO)n1C)c1ccc(C(F)(F)F)cc1. The number of benzene rings is 1. The van der Waals surface area contributed by atoms with E-state index in [0.29, 0.717) is 16.7 Å². The molecule has 0 radical (unpaired) electrons. The molecule has 0 aliphatic carbocycles. The van der Waals surface area contributed by atoms with Crippen molar-refractivity contribution in [3.63, 3.8) is 0 Å². The summed E-state index contributed by atoms with van der Waals surface area (Å²) < 4.78 is 39.3. The fraction of sp³-hybridized carbons (Fsp3) is 0.429. The Kier molecular flexibility index (Phi) is 5.12. The van der Waals surface area contributed by atoms with E-state index in [1.807, 2.05) is 6.92 Å². The van der Waals surface area contributed by atoms with Gasteiger partial charge in [0.2, 0.25) is 0 Å². The van der Waals surface area contributed by atoms with Crippen LogP contribution in [0.15, 0.2) is 29.4 Å². The number of hydrogen-bond donors (Lipinski definition) is 1. The van der Waals surface area contributed by atoms with Crippen molar-refractivity contribution in [2.75, 3.05) is 5.75 Å². The number of aliphatic hydroxyl groups is 1. The minimum Gasteiger partial charge on any atom is -0.388 e. The lowest BCUT2D eigenvalue weighted by molar-refractivity contribution is -0.137. The molecule has 1 heterocycles. The molecule has 2 rings (SSSR count). The van der Waals surface area contributed by atoms with Crippen molar-refractivity contribution in [1.29, 1.82) is 0 Å². The molecule has 1 aromatic carbocycles. The Bertz CT molecular complexity index is 625. The van der Waals surface area contributed by atoms with Crippen molar-refractivity contribution >= 4 is 11.8 Å². The van der Waals surface area contributed by atoms with E-state index in [1.54, 1.807) is 11.6 Å². The van der Waals surface area contributed by atoms with Gasteiger partial charge in [-0.1, -0.05) is 30.8 Å². The molecule has 22 heavy (non-hydrogen) atoms. The lowest BCUT2D eigenvalue weighted by Gasteiger charge is -2.13. The highest BCUT2D eigenvalue weighted by molar-refractivity contribution is 7.99. The average molecular weight is 331 g/mol. The summed E-state index contributed by atoms with van der Waals surface area (Å²) >= 11 is 1.45. The van der Waals surface area contributed by atoms with E-state index in [9.17, 15) is 13.2 Å². The van der Waals surface area contributed by atoms with Gasteiger partial charge in [-0.2, -0.15) is 13.2 Å². The maximum atomic E-state index is 12.5. The van der Waals surface area contributed by atoms with E-state index in [1.165, 1.54) is 23.9 Å². The van der Waals surface area contributed by atoms with Crippen molar-refractivity contribution in [3.05, 3.63) is 41.2 Å². The van der Waals surface area contributed by atoms with Gasteiger partial charge in [0.1, 0.15) is 6.61 Å². The number of nitrogens with zero attached hydrogens (tertiary/aromatic N) is 3. The van der Waals surface area contributed by atoms with Crippen LogP contribution < -0.4 is 0 Å². The fourth-order valence-electron chi connectivity index (χ4n) is 1.90. The smallest absolute Gasteiger partial charge is 0.388 e. The van der Waals surface area contributed by atoms with E-state index in [-0.39, 0.29) is 12.5 Å². The van der Waals surface area contributed by atoms with Gasteiger partial charge in [0.05, 0.1) is 5.56 Å². The van der Waals surface area contributed by atoms with Crippen LogP contribution in [0.5, 0.6) is 0 Å². The van der Waals surface area contributed by atoms with Gasteiger partial charge in [-0.15, -0.1) is 10.2 Å². The second-order valence-electron chi connectivity index (χ2n) is 4.95. The molecule has 4 nitrogen and oxygen atoms in total. The number of thioether (sulfide) groups is 1. The standard InChI is InChI=1S/C14H16F3N3OS/c1-9(8-22-13-19-18-12(7-21)20(13)2)10-3-5-11(6-4-10)14(15,16)17/h3-6,9,21H,7-8H2,1-2H3. The van der Waals surface area contributed by atoms with E-state index in [4.69, 9.17) is 5.11 Å². The van der Waals surface area contributed by atoms with Gasteiger partial charge >= 0.3 is 6.18 Å². The number of alkyl halides is 3. The van der Waals surface area contributed by atoms with Gasteiger partial charge in [0.15, 0.2) is 11.0 Å². The number of aliphatic hydroxyl groups excluding tert-OH is 1. The number of rotatable bonds is 5. The summed E-state index contributed by atoms with van der Waals surface area (Å²) in [7, 11) is 1.76. The van der Waals surface area contributed by atoms with Crippen LogP contribution in [0.4, 0.5) is 13.2 Å². The lowest BCUT2D eigenvalue weighted by Crippen LogP contribution is -2.05. The molecule has 0 bridgehead atoms. The van der Waals surface area contributed by atoms with Crippen LogP contribution in [0, 0.1) is 0 Å². The zero-order valence-electron chi connectivity index (χ0n) is 12.1. The summed E-state index contributed by atoms with van der Waals surface area (Å²) in [5, 5.41) is 17.5. The molecule has 0 saturated heterocycles. The summed E-state index contributed by atoms with van der Waals surface area (Å²) in [6.45, 7) is 1.76. The maximum absolute atomic E-state index is 12.5. The molecule has 1 aromatic heterocycles. The topological polar surface area (TPSA) is 50.9 Å². The van der Waals surface area contributed by atoms with Crippen LogP contribution in [-0.2, 0) is 19.8 Å². The summed E-state index contributed by atoms with van der Waals surface area (Å²) in [6, 6.07) is 5.21. The molecule has 0 fully saturated rings. The molecule has 0 aliphatic rings. The van der Waals surface area contributed by atoms with E-state index in [0.717, 1.165) is 17.7 Å². The first-order valence-electron chi connectivity index (χ1n) is 6.62. The molecular formula is C14H16F3N3OS. The fourth-order valence-corrected chi connectivity index (χ4v) is 2.89. The van der Waals surface area contributed by atoms with Crippen LogP contribution in [0.2, 0.25) is 0 Å². The molecule has 0 saturated carbocycles. The molecule has 2 aromatic rings. The van der Waals surface area contributed by atoms with E-state index in [2.05, 4.69) is 10.2 Å². The highest BCUT2D eigenvalue weighted by atomic mass is 32.2.